The van der Waals surface area contributed by atoms with E-state index in [9.17, 15) is 0 Å². The van der Waals surface area contributed by atoms with Crippen molar-refractivity contribution in [3.8, 4) is 0 Å². The third-order valence-corrected chi connectivity index (χ3v) is 4.97. The Morgan fingerprint density at radius 1 is 1.24 bits per heavy atom. The van der Waals surface area contributed by atoms with E-state index in [1.54, 1.807) is 0 Å². The molecule has 2 rings (SSSR count). The van der Waals surface area contributed by atoms with Crippen LogP contribution in [0.1, 0.15) is 77.4 Å². The summed E-state index contributed by atoms with van der Waals surface area (Å²) in [6, 6.07) is 0. The Balaban J connectivity index is 1.68. The molecule has 0 aromatic carbocycles. The molecule has 0 spiro atoms. The van der Waals surface area contributed by atoms with Gasteiger partial charge >= 0.3 is 0 Å². The van der Waals surface area contributed by atoms with E-state index in [0.717, 1.165) is 49.5 Å². The third-order valence-electron chi connectivity index (χ3n) is 4.97. The number of nitrogens with one attached hydrogen (secondary N) is 2. The van der Waals surface area contributed by atoms with Gasteiger partial charge in [0.2, 0.25) is 5.89 Å². The molecular formula is C19H35N5O. The lowest BCUT2D eigenvalue weighted by Gasteiger charge is -2.43. The summed E-state index contributed by atoms with van der Waals surface area (Å²) in [5, 5.41) is 10.9. The normalized spacial score (nSPS) is 17.0. The molecule has 1 aromatic heterocycles. The maximum atomic E-state index is 5.28. The smallest absolute Gasteiger partial charge is 0.226 e. The number of hydrogen-bond acceptors (Lipinski definition) is 4. The number of aliphatic imine (C=N–C) groups is 1. The number of rotatable bonds is 9. The second-order valence-electron chi connectivity index (χ2n) is 8.11. The molecule has 1 heterocycles. The van der Waals surface area contributed by atoms with Gasteiger partial charge in [-0.1, -0.05) is 39.3 Å². The minimum atomic E-state index is 0.309. The van der Waals surface area contributed by atoms with Crippen LogP contribution >= 0.6 is 0 Å². The highest BCUT2D eigenvalue weighted by Gasteiger charge is 2.37. The monoisotopic (exact) mass is 349 g/mol. The molecule has 1 saturated carbocycles. The molecular weight excluding hydrogens is 314 g/mol. The molecule has 0 saturated heterocycles. The minimum Gasteiger partial charge on any atom is -0.356 e. The molecule has 1 aliphatic rings. The van der Waals surface area contributed by atoms with Crippen molar-refractivity contribution < 1.29 is 4.52 Å². The van der Waals surface area contributed by atoms with Gasteiger partial charge < -0.3 is 15.2 Å². The molecule has 0 aliphatic heterocycles. The summed E-state index contributed by atoms with van der Waals surface area (Å²) in [6.07, 6.45) is 7.07. The van der Waals surface area contributed by atoms with Crippen molar-refractivity contribution in [2.45, 2.75) is 72.1 Å². The summed E-state index contributed by atoms with van der Waals surface area (Å²) in [5.74, 6) is 3.46. The summed E-state index contributed by atoms with van der Waals surface area (Å²) < 4.78 is 5.28. The molecule has 0 unspecified atom stereocenters. The van der Waals surface area contributed by atoms with Crippen molar-refractivity contribution >= 4 is 5.96 Å². The van der Waals surface area contributed by atoms with E-state index in [1.807, 2.05) is 7.05 Å². The van der Waals surface area contributed by atoms with Crippen LogP contribution in [0.5, 0.6) is 0 Å². The number of guanidine groups is 1. The van der Waals surface area contributed by atoms with Gasteiger partial charge in [0.05, 0.1) is 0 Å². The van der Waals surface area contributed by atoms with E-state index < -0.39 is 0 Å². The van der Waals surface area contributed by atoms with Gasteiger partial charge in [-0.3, -0.25) is 4.99 Å². The van der Waals surface area contributed by atoms with Crippen LogP contribution in [0.2, 0.25) is 0 Å². The standard InChI is InChI=1S/C19H35N5O/c1-14(2)12-19(9-7-10-19)13-22-18(20-5)21-11-6-8-16-23-17(15(3)4)24-25-16/h14-15H,6-13H2,1-5H3,(H2,20,21,22). The van der Waals surface area contributed by atoms with Crippen molar-refractivity contribution in [3.63, 3.8) is 0 Å². The van der Waals surface area contributed by atoms with E-state index >= 15 is 0 Å². The summed E-state index contributed by atoms with van der Waals surface area (Å²) in [5.41, 5.74) is 0.475. The van der Waals surface area contributed by atoms with Crippen molar-refractivity contribution in [1.29, 1.82) is 0 Å². The Morgan fingerprint density at radius 2 is 2.00 bits per heavy atom. The van der Waals surface area contributed by atoms with E-state index in [1.165, 1.54) is 25.7 Å². The van der Waals surface area contributed by atoms with Gasteiger partial charge in [-0.15, -0.1) is 0 Å². The second kappa shape index (κ2) is 9.20. The maximum Gasteiger partial charge on any atom is 0.226 e. The zero-order chi connectivity index (χ0) is 18.3. The van der Waals surface area contributed by atoms with Crippen LogP contribution in [0, 0.1) is 11.3 Å². The Bertz CT molecular complexity index is 546. The summed E-state index contributed by atoms with van der Waals surface area (Å²) in [7, 11) is 1.83. The van der Waals surface area contributed by atoms with Crippen molar-refractivity contribution in [2.75, 3.05) is 20.1 Å². The molecule has 1 fully saturated rings. The number of hydrogen-bond donors (Lipinski definition) is 2. The highest BCUT2D eigenvalue weighted by Crippen LogP contribution is 2.45. The van der Waals surface area contributed by atoms with Crippen LogP contribution in [0.3, 0.4) is 0 Å². The van der Waals surface area contributed by atoms with Gasteiger partial charge in [0.1, 0.15) is 0 Å². The fourth-order valence-corrected chi connectivity index (χ4v) is 3.54. The van der Waals surface area contributed by atoms with Crippen LogP contribution in [0.15, 0.2) is 9.52 Å². The number of aromatic nitrogens is 2. The Labute approximate surface area is 152 Å². The fraction of sp³-hybridized carbons (Fsp3) is 0.842. The molecule has 6 heteroatoms. The molecule has 1 aromatic rings. The van der Waals surface area contributed by atoms with Crippen LogP contribution in [-0.2, 0) is 6.42 Å². The van der Waals surface area contributed by atoms with Crippen LogP contribution in [-0.4, -0.2) is 36.2 Å². The average molecular weight is 350 g/mol. The summed E-state index contributed by atoms with van der Waals surface area (Å²) in [6.45, 7) is 10.6. The van der Waals surface area contributed by atoms with Crippen LogP contribution in [0.4, 0.5) is 0 Å². The largest absolute Gasteiger partial charge is 0.356 e. The zero-order valence-corrected chi connectivity index (χ0v) is 16.6. The van der Waals surface area contributed by atoms with Gasteiger partial charge in [-0.25, -0.2) is 0 Å². The molecule has 6 nitrogen and oxygen atoms in total. The minimum absolute atomic E-state index is 0.309. The predicted octanol–water partition coefficient (Wildman–Crippen LogP) is 3.51. The predicted molar refractivity (Wildman–Crippen MR) is 102 cm³/mol. The van der Waals surface area contributed by atoms with Gasteiger partial charge in [0.15, 0.2) is 11.8 Å². The van der Waals surface area contributed by atoms with Crippen molar-refractivity contribution in [1.82, 2.24) is 20.8 Å². The van der Waals surface area contributed by atoms with Gasteiger partial charge in [-0.2, -0.15) is 4.98 Å². The average Bonchev–Trinajstić information content (AvgIpc) is 3.00. The number of aryl methyl sites for hydroxylation is 1. The molecule has 25 heavy (non-hydrogen) atoms. The first-order valence-electron chi connectivity index (χ1n) is 9.71. The third kappa shape index (κ3) is 6.01. The topological polar surface area (TPSA) is 75.3 Å². The quantitative estimate of drug-likeness (QED) is 0.405. The fourth-order valence-electron chi connectivity index (χ4n) is 3.54. The second-order valence-corrected chi connectivity index (χ2v) is 8.11. The highest BCUT2D eigenvalue weighted by molar-refractivity contribution is 5.79. The van der Waals surface area contributed by atoms with Gasteiger partial charge in [0.25, 0.3) is 0 Å². The van der Waals surface area contributed by atoms with E-state index in [2.05, 4.69) is 53.5 Å². The first-order valence-corrected chi connectivity index (χ1v) is 9.71. The highest BCUT2D eigenvalue weighted by atomic mass is 16.5. The molecule has 0 atom stereocenters. The van der Waals surface area contributed by atoms with Gasteiger partial charge in [0, 0.05) is 32.5 Å². The van der Waals surface area contributed by atoms with Crippen LogP contribution in [0.25, 0.3) is 0 Å². The maximum absolute atomic E-state index is 5.28. The van der Waals surface area contributed by atoms with E-state index in [0.29, 0.717) is 11.3 Å². The summed E-state index contributed by atoms with van der Waals surface area (Å²) >= 11 is 0. The molecule has 0 radical (unpaired) electrons. The summed E-state index contributed by atoms with van der Waals surface area (Å²) in [4.78, 5) is 8.75. The Hall–Kier alpha value is -1.59. The molecule has 142 valence electrons. The molecule has 1 aliphatic carbocycles. The SMILES string of the molecule is CN=C(NCCCc1nc(C(C)C)no1)NCC1(CC(C)C)CCC1. The Kier molecular flexibility index (Phi) is 7.26. The van der Waals surface area contributed by atoms with Gasteiger partial charge in [-0.05, 0) is 37.0 Å². The zero-order valence-electron chi connectivity index (χ0n) is 16.6. The van der Waals surface area contributed by atoms with Crippen molar-refractivity contribution in [2.24, 2.45) is 16.3 Å². The lowest BCUT2D eigenvalue weighted by molar-refractivity contribution is 0.104. The van der Waals surface area contributed by atoms with E-state index in [4.69, 9.17) is 4.52 Å². The molecule has 0 bridgehead atoms. The van der Waals surface area contributed by atoms with E-state index in [-0.39, 0.29) is 0 Å². The lowest BCUT2D eigenvalue weighted by atomic mass is 9.64. The molecule has 0 amide bonds. The first-order chi connectivity index (χ1) is 11.9. The van der Waals surface area contributed by atoms with Crippen molar-refractivity contribution in [3.05, 3.63) is 11.7 Å². The lowest BCUT2D eigenvalue weighted by Crippen LogP contribution is -2.47. The molecule has 2 N–H and O–H groups in total. The Morgan fingerprint density at radius 3 is 2.52 bits per heavy atom. The van der Waals surface area contributed by atoms with Crippen LogP contribution < -0.4 is 10.6 Å². The first kappa shape index (κ1) is 19.7. The number of nitrogens with zero attached hydrogens (tertiary/aromatic N) is 3.